The molecule has 1 saturated heterocycles. The molecule has 0 amide bonds. The number of aromatic amines is 1. The molecule has 166 valence electrons. The molecule has 1 aromatic carbocycles. The number of carbonyl (C=O) groups is 1. The standard InChI is InChI=1S/C14H14ClNO7.C6H13N/c15-5-1-2-6-7(3-5)16-4-8(6)22-14-11(19)9(17)10(18)12(23-14)13(20)21;7-6-4-2-1-3-5-6/h1-4,9-12,14,16-19H,(H,20,21);6H,1-5,7H2. The predicted octanol–water partition coefficient (Wildman–Crippen LogP) is 1.37. The number of aromatic nitrogens is 1. The van der Waals surface area contributed by atoms with Gasteiger partial charge >= 0.3 is 5.97 Å². The Morgan fingerprint density at radius 3 is 2.43 bits per heavy atom. The Morgan fingerprint density at radius 2 is 1.83 bits per heavy atom. The van der Waals surface area contributed by atoms with E-state index in [0.717, 1.165) is 0 Å². The average Bonchev–Trinajstić information content (AvgIpc) is 3.11. The summed E-state index contributed by atoms with van der Waals surface area (Å²) in [6.07, 6.45) is -0.0981. The zero-order valence-electron chi connectivity index (χ0n) is 16.3. The summed E-state index contributed by atoms with van der Waals surface area (Å²) in [5.74, 6) is -1.18. The molecule has 10 heteroatoms. The molecule has 30 heavy (non-hydrogen) atoms. The minimum atomic E-state index is -1.76. The van der Waals surface area contributed by atoms with Crippen LogP contribution in [0.4, 0.5) is 0 Å². The van der Waals surface area contributed by atoms with Crippen molar-refractivity contribution in [3.8, 4) is 5.75 Å². The van der Waals surface area contributed by atoms with Gasteiger partial charge in [-0.05, 0) is 31.0 Å². The van der Waals surface area contributed by atoms with E-state index >= 15 is 0 Å². The van der Waals surface area contributed by atoms with Crippen LogP contribution in [0, 0.1) is 0 Å². The molecule has 1 aliphatic carbocycles. The fourth-order valence-corrected chi connectivity index (χ4v) is 3.75. The number of H-pyrrole nitrogens is 1. The molecule has 7 N–H and O–H groups in total. The first-order chi connectivity index (χ1) is 14.3. The normalized spacial score (nSPS) is 29.8. The van der Waals surface area contributed by atoms with Gasteiger partial charge in [-0.15, -0.1) is 0 Å². The lowest BCUT2D eigenvalue weighted by Crippen LogP contribution is -2.61. The summed E-state index contributed by atoms with van der Waals surface area (Å²) in [7, 11) is 0. The van der Waals surface area contributed by atoms with E-state index in [1.807, 2.05) is 0 Å². The summed E-state index contributed by atoms with van der Waals surface area (Å²) in [4.78, 5) is 14.0. The van der Waals surface area contributed by atoms with Gasteiger partial charge in [0.25, 0.3) is 0 Å². The topological polar surface area (TPSA) is 158 Å². The van der Waals surface area contributed by atoms with Crippen LogP contribution < -0.4 is 10.5 Å². The summed E-state index contributed by atoms with van der Waals surface area (Å²) < 4.78 is 10.5. The van der Waals surface area contributed by atoms with Crippen LogP contribution in [0.15, 0.2) is 24.4 Å². The quantitative estimate of drug-likeness (QED) is 0.415. The van der Waals surface area contributed by atoms with E-state index < -0.39 is 36.7 Å². The van der Waals surface area contributed by atoms with Crippen molar-refractivity contribution in [3.05, 3.63) is 29.4 Å². The number of aliphatic hydroxyl groups excluding tert-OH is 3. The van der Waals surface area contributed by atoms with E-state index in [9.17, 15) is 20.1 Å². The van der Waals surface area contributed by atoms with Gasteiger partial charge < -0.3 is 40.6 Å². The van der Waals surface area contributed by atoms with Crippen LogP contribution in [0.3, 0.4) is 0 Å². The summed E-state index contributed by atoms with van der Waals surface area (Å²) in [5, 5.41) is 39.5. The van der Waals surface area contributed by atoms with Gasteiger partial charge in [-0.25, -0.2) is 4.79 Å². The second-order valence-electron chi connectivity index (χ2n) is 7.59. The van der Waals surface area contributed by atoms with Gasteiger partial charge in [0.2, 0.25) is 6.29 Å². The zero-order chi connectivity index (χ0) is 21.8. The van der Waals surface area contributed by atoms with Crippen molar-refractivity contribution in [2.24, 2.45) is 5.73 Å². The van der Waals surface area contributed by atoms with E-state index in [-0.39, 0.29) is 5.75 Å². The minimum absolute atomic E-state index is 0.286. The van der Waals surface area contributed by atoms with E-state index in [1.54, 1.807) is 18.2 Å². The second-order valence-corrected chi connectivity index (χ2v) is 8.03. The number of nitrogens with one attached hydrogen (secondary N) is 1. The summed E-state index contributed by atoms with van der Waals surface area (Å²) in [6.45, 7) is 0. The molecule has 1 saturated carbocycles. The lowest BCUT2D eigenvalue weighted by atomic mass is 9.97. The molecular formula is C20H27ClN2O7. The van der Waals surface area contributed by atoms with E-state index in [2.05, 4.69) is 4.98 Å². The van der Waals surface area contributed by atoms with Gasteiger partial charge in [-0.2, -0.15) is 0 Å². The highest BCUT2D eigenvalue weighted by atomic mass is 35.5. The highest BCUT2D eigenvalue weighted by Gasteiger charge is 2.48. The second kappa shape index (κ2) is 9.95. The monoisotopic (exact) mass is 442 g/mol. The maximum Gasteiger partial charge on any atom is 0.335 e. The van der Waals surface area contributed by atoms with Gasteiger partial charge in [0.05, 0.1) is 5.52 Å². The molecular weight excluding hydrogens is 416 g/mol. The molecule has 5 atom stereocenters. The number of carboxylic acids is 1. The maximum absolute atomic E-state index is 11.1. The lowest BCUT2D eigenvalue weighted by Gasteiger charge is -2.38. The number of carboxylic acid groups (broad SMARTS) is 1. The Morgan fingerprint density at radius 1 is 1.13 bits per heavy atom. The highest BCUT2D eigenvalue weighted by Crippen LogP contribution is 2.31. The zero-order valence-corrected chi connectivity index (χ0v) is 17.0. The SMILES string of the molecule is NC1CCCCC1.O=C(O)C1OC(Oc2c[nH]c3cc(Cl)ccc23)C(O)C(O)C1O. The molecule has 2 fully saturated rings. The van der Waals surface area contributed by atoms with E-state index in [0.29, 0.717) is 22.0 Å². The fraction of sp³-hybridized carbons (Fsp3) is 0.550. The molecule has 0 radical (unpaired) electrons. The first-order valence-corrected chi connectivity index (χ1v) is 10.3. The molecule has 2 aromatic rings. The van der Waals surface area contributed by atoms with Crippen molar-refractivity contribution in [2.75, 3.05) is 0 Å². The smallest absolute Gasteiger partial charge is 0.335 e. The number of nitrogens with two attached hydrogens (primary N) is 1. The third-order valence-corrected chi connectivity index (χ3v) is 5.55. The highest BCUT2D eigenvalue weighted by molar-refractivity contribution is 6.31. The fourth-order valence-electron chi connectivity index (χ4n) is 3.58. The molecule has 1 aromatic heterocycles. The van der Waals surface area contributed by atoms with E-state index in [1.165, 1.54) is 38.3 Å². The number of aliphatic hydroxyl groups is 3. The first-order valence-electron chi connectivity index (χ1n) is 9.89. The number of rotatable bonds is 3. The Balaban J connectivity index is 0.000000310. The molecule has 2 heterocycles. The van der Waals surface area contributed by atoms with Crippen LogP contribution in [0.1, 0.15) is 32.1 Å². The molecule has 0 bridgehead atoms. The number of ether oxygens (including phenoxy) is 2. The maximum atomic E-state index is 11.1. The number of halogens is 1. The summed E-state index contributed by atoms with van der Waals surface area (Å²) in [6, 6.07) is 5.52. The lowest BCUT2D eigenvalue weighted by molar-refractivity contribution is -0.270. The van der Waals surface area contributed by atoms with E-state index in [4.69, 9.17) is 31.9 Å². The van der Waals surface area contributed by atoms with Gasteiger partial charge in [-0.1, -0.05) is 30.9 Å². The molecule has 9 nitrogen and oxygen atoms in total. The van der Waals surface area contributed by atoms with Gasteiger partial charge in [0.15, 0.2) is 6.10 Å². The number of hydrogen-bond donors (Lipinski definition) is 6. The molecule has 0 spiro atoms. The average molecular weight is 443 g/mol. The molecule has 2 aliphatic rings. The van der Waals surface area contributed by atoms with Crippen molar-refractivity contribution < 1.29 is 34.7 Å². The van der Waals surface area contributed by atoms with Crippen molar-refractivity contribution in [2.45, 2.75) is 68.9 Å². The van der Waals surface area contributed by atoms with Crippen molar-refractivity contribution in [1.29, 1.82) is 0 Å². The van der Waals surface area contributed by atoms with Gasteiger partial charge in [0.1, 0.15) is 24.1 Å². The number of benzene rings is 1. The van der Waals surface area contributed by atoms with Gasteiger partial charge in [-0.3, -0.25) is 0 Å². The Kier molecular flexibility index (Phi) is 7.56. The largest absolute Gasteiger partial charge is 0.479 e. The Hall–Kier alpha value is -1.88. The van der Waals surface area contributed by atoms with Crippen molar-refractivity contribution in [1.82, 2.24) is 4.98 Å². The predicted molar refractivity (Wildman–Crippen MR) is 109 cm³/mol. The summed E-state index contributed by atoms with van der Waals surface area (Å²) in [5.41, 5.74) is 6.31. The van der Waals surface area contributed by atoms with Crippen molar-refractivity contribution >= 4 is 28.5 Å². The summed E-state index contributed by atoms with van der Waals surface area (Å²) >= 11 is 5.88. The number of hydrogen-bond acceptors (Lipinski definition) is 7. The first kappa shape index (κ1) is 22.8. The van der Waals surface area contributed by atoms with Crippen LogP contribution >= 0.6 is 11.6 Å². The number of fused-ring (bicyclic) bond motifs is 1. The van der Waals surface area contributed by atoms with Crippen LogP contribution in [-0.2, 0) is 9.53 Å². The third kappa shape index (κ3) is 5.23. The minimum Gasteiger partial charge on any atom is -0.479 e. The Bertz CT molecular complexity index is 855. The van der Waals surface area contributed by atoms with Crippen LogP contribution in [-0.4, -0.2) is 68.1 Å². The van der Waals surface area contributed by atoms with Crippen LogP contribution in [0.2, 0.25) is 5.02 Å². The van der Waals surface area contributed by atoms with Crippen LogP contribution in [0.25, 0.3) is 10.9 Å². The van der Waals surface area contributed by atoms with Crippen molar-refractivity contribution in [3.63, 3.8) is 0 Å². The molecule has 1 aliphatic heterocycles. The Labute approximate surface area is 178 Å². The van der Waals surface area contributed by atoms with Crippen LogP contribution in [0.5, 0.6) is 5.75 Å². The molecule has 4 rings (SSSR count). The number of aliphatic carboxylic acids is 1. The third-order valence-electron chi connectivity index (χ3n) is 5.31. The molecule has 5 unspecified atom stereocenters. The van der Waals surface area contributed by atoms with Gasteiger partial charge in [0, 0.05) is 22.6 Å².